The topological polar surface area (TPSA) is 75.6 Å². The Morgan fingerprint density at radius 3 is 0.800 bits per heavy atom. The van der Waals surface area contributed by atoms with Crippen molar-refractivity contribution in [1.29, 1.82) is 0 Å². The molecule has 75 heavy (non-hydrogen) atoms. The average Bonchev–Trinajstić information content (AvgIpc) is 3.50. The van der Waals surface area contributed by atoms with Gasteiger partial charge in [-0.2, -0.15) is 12.6 Å². The van der Waals surface area contributed by atoms with Crippen molar-refractivity contribution >= 4 is 12.6 Å². The third-order valence-electron chi connectivity index (χ3n) is 15.3. The Kier molecular flexibility index (Phi) is 16.0. The van der Waals surface area contributed by atoms with E-state index in [0.717, 1.165) is 61.6 Å². The molecular weight excluding hydrogens is 949 g/mol. The molecule has 0 heterocycles. The van der Waals surface area contributed by atoms with Crippen LogP contribution in [0.3, 0.4) is 0 Å². The van der Waals surface area contributed by atoms with Crippen LogP contribution in [0.25, 0.3) is 0 Å². The molecule has 9 rings (SSSR count). The van der Waals surface area contributed by atoms with Crippen molar-refractivity contribution in [2.75, 3.05) is 42.7 Å². The van der Waals surface area contributed by atoms with Gasteiger partial charge in [0, 0.05) is 16.6 Å². The van der Waals surface area contributed by atoms with Crippen LogP contribution in [0.2, 0.25) is 0 Å². The van der Waals surface area contributed by atoms with E-state index in [1.54, 1.807) is 42.7 Å². The maximum atomic E-state index is 14.9. The first-order valence-corrected chi connectivity index (χ1v) is 25.6. The molecule has 9 aromatic rings. The number of methoxy groups -OCH3 is 6. The first kappa shape index (κ1) is 52.0. The summed E-state index contributed by atoms with van der Waals surface area (Å²) in [6.07, 6.45) is -0.991. The molecule has 0 fully saturated rings. The third kappa shape index (κ3) is 9.72. The Balaban J connectivity index is 1.47. The number of ether oxygens (including phenoxy) is 6. The van der Waals surface area contributed by atoms with Gasteiger partial charge in [0.1, 0.15) is 34.5 Å². The first-order valence-electron chi connectivity index (χ1n) is 25.1. The molecule has 7 nitrogen and oxygen atoms in total. The number of rotatable bonds is 21. The zero-order valence-electron chi connectivity index (χ0n) is 43.3. The van der Waals surface area contributed by atoms with Crippen molar-refractivity contribution in [2.24, 2.45) is 5.92 Å². The number of aliphatic hydroxyl groups is 1. The SMILES string of the molecule is COc1ccc(C(CC(O)C(C(S)C(c2ccccc2)(c2ccc(OC)cc2)c2ccc(OC)cc2)C(c2ccccc2)(c2ccc(OC)cc2)c2ccc(OC)cc2)(c2ccccc2)c2ccc(OC)cc2)cc1. The largest absolute Gasteiger partial charge is 0.497 e. The summed E-state index contributed by atoms with van der Waals surface area (Å²) in [4.78, 5) is 0. The molecule has 0 aliphatic rings. The van der Waals surface area contributed by atoms with E-state index in [2.05, 4.69) is 146 Å². The molecule has 3 atom stereocenters. The minimum absolute atomic E-state index is 0.189. The first-order chi connectivity index (χ1) is 36.7. The molecule has 0 saturated heterocycles. The normalized spacial score (nSPS) is 13.0. The molecule has 0 radical (unpaired) electrons. The lowest BCUT2D eigenvalue weighted by Gasteiger charge is -2.54. The Labute approximate surface area is 447 Å². The highest BCUT2D eigenvalue weighted by molar-refractivity contribution is 7.81. The van der Waals surface area contributed by atoms with E-state index in [1.165, 1.54) is 0 Å². The maximum absolute atomic E-state index is 14.9. The smallest absolute Gasteiger partial charge is 0.118 e. The standard InChI is InChI=1S/C67H64O7S/c1-69-56-34-22-48(23-35-56)65(47-16-10-7-11-17-47,49-24-36-57(70-2)37-25-49)46-62(68)63(66(50-18-12-8-13-19-50,52-26-38-58(71-3)39-27-52)53-28-40-59(72-4)41-29-53)64(75)67(51-20-14-9-15-21-51,54-30-42-60(73-5)43-31-54)55-32-44-61(74-6)45-33-55/h7-45,62-64,68,75H,46H2,1-6H3. The van der Waals surface area contributed by atoms with Gasteiger partial charge in [-0.05, 0) is 129 Å². The zero-order valence-corrected chi connectivity index (χ0v) is 44.2. The zero-order chi connectivity index (χ0) is 52.4. The van der Waals surface area contributed by atoms with Crippen LogP contribution in [0.5, 0.6) is 34.5 Å². The fourth-order valence-electron chi connectivity index (χ4n) is 11.7. The van der Waals surface area contributed by atoms with Gasteiger partial charge >= 0.3 is 0 Å². The average molecular weight is 1010 g/mol. The highest BCUT2D eigenvalue weighted by Gasteiger charge is 2.58. The summed E-state index contributed by atoms with van der Waals surface area (Å²) >= 11 is 6.26. The van der Waals surface area contributed by atoms with E-state index in [9.17, 15) is 5.11 Å². The minimum Gasteiger partial charge on any atom is -0.497 e. The van der Waals surface area contributed by atoms with E-state index in [-0.39, 0.29) is 6.42 Å². The fourth-order valence-corrected chi connectivity index (χ4v) is 12.5. The van der Waals surface area contributed by atoms with Crippen molar-refractivity contribution in [2.45, 2.75) is 34.0 Å². The quantitative estimate of drug-likeness (QED) is 0.0549. The number of aliphatic hydroxyl groups excluding tert-OH is 1. The molecule has 0 aromatic heterocycles. The number of thiol groups is 1. The molecular formula is C67H64O7S. The van der Waals surface area contributed by atoms with E-state index in [1.807, 2.05) is 91.0 Å². The van der Waals surface area contributed by atoms with Crippen LogP contribution >= 0.6 is 12.6 Å². The van der Waals surface area contributed by atoms with Gasteiger partial charge in [-0.25, -0.2) is 0 Å². The molecule has 380 valence electrons. The third-order valence-corrected chi connectivity index (χ3v) is 16.0. The second-order valence-corrected chi connectivity index (χ2v) is 19.3. The van der Waals surface area contributed by atoms with Crippen molar-refractivity contribution in [3.8, 4) is 34.5 Å². The fraction of sp³-hybridized carbons (Fsp3) is 0.194. The molecule has 0 aliphatic carbocycles. The second kappa shape index (κ2) is 23.1. The summed E-state index contributed by atoms with van der Waals surface area (Å²) in [5.74, 6) is 3.46. The van der Waals surface area contributed by atoms with Gasteiger partial charge < -0.3 is 33.5 Å². The predicted octanol–water partition coefficient (Wildman–Crippen LogP) is 13.8. The molecule has 8 heteroatoms. The molecule has 1 N–H and O–H groups in total. The van der Waals surface area contributed by atoms with Crippen LogP contribution in [0.1, 0.15) is 56.5 Å². The molecule has 0 amide bonds. The van der Waals surface area contributed by atoms with Crippen molar-refractivity contribution < 1.29 is 33.5 Å². The van der Waals surface area contributed by atoms with Crippen LogP contribution < -0.4 is 28.4 Å². The Morgan fingerprint density at radius 1 is 0.307 bits per heavy atom. The van der Waals surface area contributed by atoms with Gasteiger partial charge in [0.05, 0.1) is 59.6 Å². The lowest BCUT2D eigenvalue weighted by Crippen LogP contribution is -2.56. The van der Waals surface area contributed by atoms with Crippen molar-refractivity contribution in [3.05, 3.63) is 287 Å². The molecule has 3 unspecified atom stereocenters. The Hall–Kier alpha value is -7.91. The monoisotopic (exact) mass is 1010 g/mol. The number of hydrogen-bond donors (Lipinski definition) is 2. The van der Waals surface area contributed by atoms with E-state index < -0.39 is 33.5 Å². The van der Waals surface area contributed by atoms with Gasteiger partial charge in [0.2, 0.25) is 0 Å². The number of hydrogen-bond acceptors (Lipinski definition) is 8. The summed E-state index contributed by atoms with van der Waals surface area (Å²) in [6, 6.07) is 81.2. The highest BCUT2D eigenvalue weighted by Crippen LogP contribution is 2.58. The lowest BCUT2D eigenvalue weighted by molar-refractivity contribution is 0.0518. The molecule has 0 spiro atoms. The Morgan fingerprint density at radius 2 is 0.520 bits per heavy atom. The van der Waals surface area contributed by atoms with Gasteiger partial charge in [0.15, 0.2) is 0 Å². The minimum atomic E-state index is -1.18. The summed E-state index contributed by atoms with van der Waals surface area (Å²) in [5.41, 5.74) is 5.34. The second-order valence-electron chi connectivity index (χ2n) is 18.7. The van der Waals surface area contributed by atoms with E-state index in [0.29, 0.717) is 23.0 Å². The summed E-state index contributed by atoms with van der Waals surface area (Å²) in [7, 11) is 10.1. The molecule has 9 aromatic carbocycles. The maximum Gasteiger partial charge on any atom is 0.118 e. The van der Waals surface area contributed by atoms with Crippen LogP contribution in [-0.4, -0.2) is 59.1 Å². The van der Waals surface area contributed by atoms with Crippen LogP contribution in [0, 0.1) is 5.92 Å². The van der Waals surface area contributed by atoms with Crippen LogP contribution in [0.4, 0.5) is 0 Å². The predicted molar refractivity (Wildman–Crippen MR) is 304 cm³/mol. The van der Waals surface area contributed by atoms with Crippen molar-refractivity contribution in [3.63, 3.8) is 0 Å². The van der Waals surface area contributed by atoms with Gasteiger partial charge in [-0.15, -0.1) is 0 Å². The summed E-state index contributed by atoms with van der Waals surface area (Å²) in [6.45, 7) is 0. The number of benzene rings is 9. The molecule has 0 aliphatic heterocycles. The van der Waals surface area contributed by atoms with Crippen LogP contribution in [-0.2, 0) is 16.2 Å². The van der Waals surface area contributed by atoms with E-state index >= 15 is 0 Å². The summed E-state index contributed by atoms with van der Waals surface area (Å²) in [5, 5.41) is 14.1. The molecule has 0 bridgehead atoms. The Bertz CT molecular complexity index is 3040. The summed E-state index contributed by atoms with van der Waals surface area (Å²) < 4.78 is 35.0. The van der Waals surface area contributed by atoms with E-state index in [4.69, 9.17) is 41.0 Å². The van der Waals surface area contributed by atoms with Crippen LogP contribution in [0.15, 0.2) is 237 Å². The van der Waals surface area contributed by atoms with Crippen molar-refractivity contribution in [1.82, 2.24) is 0 Å². The highest BCUT2D eigenvalue weighted by atomic mass is 32.1. The van der Waals surface area contributed by atoms with Gasteiger partial charge in [0.25, 0.3) is 0 Å². The molecule has 0 saturated carbocycles. The van der Waals surface area contributed by atoms with Gasteiger partial charge in [-0.3, -0.25) is 0 Å². The lowest BCUT2D eigenvalue weighted by atomic mass is 9.52. The van der Waals surface area contributed by atoms with Gasteiger partial charge in [-0.1, -0.05) is 164 Å².